The summed E-state index contributed by atoms with van der Waals surface area (Å²) in [6, 6.07) is -0.164. The van der Waals surface area contributed by atoms with Crippen LogP contribution in [0.15, 0.2) is 0 Å². The van der Waals surface area contributed by atoms with Crippen molar-refractivity contribution in [2.45, 2.75) is 63.8 Å². The van der Waals surface area contributed by atoms with Gasteiger partial charge in [0.25, 0.3) is 0 Å². The number of urea groups is 1. The van der Waals surface area contributed by atoms with Crippen LogP contribution in [0.4, 0.5) is 9.93 Å². The van der Waals surface area contributed by atoms with Crippen molar-refractivity contribution in [1.29, 1.82) is 0 Å². The monoisotopic (exact) mass is 337 g/mol. The summed E-state index contributed by atoms with van der Waals surface area (Å²) in [6.45, 7) is 4.92. The van der Waals surface area contributed by atoms with Gasteiger partial charge in [0, 0.05) is 23.6 Å². The lowest BCUT2D eigenvalue weighted by atomic mass is 9.79. The molecule has 0 atom stereocenters. The number of anilines is 1. The van der Waals surface area contributed by atoms with Crippen LogP contribution in [-0.2, 0) is 0 Å². The molecule has 6 nitrogen and oxygen atoms in total. The maximum atomic E-state index is 12.2. The molecule has 2 N–H and O–H groups in total. The SMILES string of the molecule is Cc1nsc(NC(=O)NCC2(N3CCCCC3)CCCCC2)n1. The van der Waals surface area contributed by atoms with E-state index < -0.39 is 0 Å². The molecule has 2 heterocycles. The van der Waals surface area contributed by atoms with Crippen LogP contribution in [0, 0.1) is 6.92 Å². The molecule has 1 aliphatic heterocycles. The number of hydrogen-bond donors (Lipinski definition) is 2. The Hall–Kier alpha value is -1.21. The van der Waals surface area contributed by atoms with E-state index in [1.165, 1.54) is 76.0 Å². The summed E-state index contributed by atoms with van der Waals surface area (Å²) in [6.07, 6.45) is 10.2. The minimum Gasteiger partial charge on any atom is -0.336 e. The summed E-state index contributed by atoms with van der Waals surface area (Å²) in [5.41, 5.74) is 0.160. The third-order valence-electron chi connectivity index (χ3n) is 5.14. The van der Waals surface area contributed by atoms with Crippen LogP contribution in [-0.4, -0.2) is 45.5 Å². The summed E-state index contributed by atoms with van der Waals surface area (Å²) in [7, 11) is 0. The Labute approximate surface area is 142 Å². The van der Waals surface area contributed by atoms with Crippen LogP contribution in [0.2, 0.25) is 0 Å². The molecule has 0 spiro atoms. The maximum Gasteiger partial charge on any atom is 0.321 e. The number of likely N-dealkylation sites (tertiary alicyclic amines) is 1. The molecule has 3 rings (SSSR count). The highest BCUT2D eigenvalue weighted by molar-refractivity contribution is 7.09. The van der Waals surface area contributed by atoms with E-state index in [-0.39, 0.29) is 11.6 Å². The van der Waals surface area contributed by atoms with Crippen LogP contribution < -0.4 is 10.6 Å². The normalized spacial score (nSPS) is 21.8. The minimum absolute atomic E-state index is 0.160. The zero-order valence-corrected chi connectivity index (χ0v) is 14.8. The van der Waals surface area contributed by atoms with Gasteiger partial charge in [0.05, 0.1) is 0 Å². The lowest BCUT2D eigenvalue weighted by Crippen LogP contribution is -2.58. The number of aromatic nitrogens is 2. The van der Waals surface area contributed by atoms with Gasteiger partial charge in [-0.05, 0) is 45.7 Å². The molecule has 1 saturated heterocycles. The maximum absolute atomic E-state index is 12.2. The second kappa shape index (κ2) is 7.57. The predicted molar refractivity (Wildman–Crippen MR) is 92.9 cm³/mol. The Kier molecular flexibility index (Phi) is 5.48. The molecule has 128 valence electrons. The molecule has 0 radical (unpaired) electrons. The van der Waals surface area contributed by atoms with Gasteiger partial charge in [-0.15, -0.1) is 0 Å². The molecule has 0 unspecified atom stereocenters. The van der Waals surface area contributed by atoms with Crippen molar-refractivity contribution in [2.24, 2.45) is 0 Å². The van der Waals surface area contributed by atoms with Gasteiger partial charge in [-0.1, -0.05) is 25.7 Å². The highest BCUT2D eigenvalue weighted by Crippen LogP contribution is 2.35. The van der Waals surface area contributed by atoms with E-state index >= 15 is 0 Å². The van der Waals surface area contributed by atoms with Crippen molar-refractivity contribution in [1.82, 2.24) is 19.6 Å². The summed E-state index contributed by atoms with van der Waals surface area (Å²) in [4.78, 5) is 19.0. The van der Waals surface area contributed by atoms with Gasteiger partial charge in [-0.25, -0.2) is 9.78 Å². The first-order valence-electron chi connectivity index (χ1n) is 8.78. The van der Waals surface area contributed by atoms with Crippen LogP contribution in [0.3, 0.4) is 0 Å². The van der Waals surface area contributed by atoms with Crippen molar-refractivity contribution in [3.63, 3.8) is 0 Å². The number of aryl methyl sites for hydroxylation is 1. The quantitative estimate of drug-likeness (QED) is 0.885. The fourth-order valence-electron chi connectivity index (χ4n) is 3.92. The van der Waals surface area contributed by atoms with Crippen LogP contribution in [0.1, 0.15) is 57.2 Å². The second-order valence-corrected chi connectivity index (χ2v) is 7.54. The molecule has 0 aromatic carbocycles. The molecule has 7 heteroatoms. The standard InChI is InChI=1S/C16H27N5OS/c1-13-18-15(23-20-13)19-14(22)17-12-16(8-4-2-5-9-16)21-10-6-3-7-11-21/h2-12H2,1H3,(H2,17,18,19,20,22). The summed E-state index contributed by atoms with van der Waals surface area (Å²) >= 11 is 1.22. The molecular weight excluding hydrogens is 310 g/mol. The smallest absolute Gasteiger partial charge is 0.321 e. The molecular formula is C16H27N5OS. The fraction of sp³-hybridized carbons (Fsp3) is 0.812. The fourth-order valence-corrected chi connectivity index (χ4v) is 4.49. The number of nitrogens with zero attached hydrogens (tertiary/aromatic N) is 3. The molecule has 2 amide bonds. The van der Waals surface area contributed by atoms with Crippen LogP contribution >= 0.6 is 11.5 Å². The van der Waals surface area contributed by atoms with Crippen molar-refractivity contribution in [2.75, 3.05) is 25.0 Å². The van der Waals surface area contributed by atoms with Crippen LogP contribution in [0.5, 0.6) is 0 Å². The number of carbonyl (C=O) groups is 1. The van der Waals surface area contributed by atoms with E-state index in [4.69, 9.17) is 0 Å². The van der Waals surface area contributed by atoms with E-state index in [2.05, 4.69) is 24.9 Å². The summed E-state index contributed by atoms with van der Waals surface area (Å²) < 4.78 is 4.09. The van der Waals surface area contributed by atoms with E-state index in [1.54, 1.807) is 0 Å². The van der Waals surface area contributed by atoms with E-state index in [1.807, 2.05) is 6.92 Å². The molecule has 1 aromatic rings. The molecule has 23 heavy (non-hydrogen) atoms. The Bertz CT molecular complexity index is 520. The molecule has 2 fully saturated rings. The molecule has 0 bridgehead atoms. The molecule has 1 saturated carbocycles. The summed E-state index contributed by atoms with van der Waals surface area (Å²) in [5, 5.41) is 6.46. The predicted octanol–water partition coefficient (Wildman–Crippen LogP) is 3.16. The van der Waals surface area contributed by atoms with E-state index in [9.17, 15) is 4.79 Å². The van der Waals surface area contributed by atoms with Crippen molar-refractivity contribution in [3.8, 4) is 0 Å². The Morgan fingerprint density at radius 3 is 2.52 bits per heavy atom. The Morgan fingerprint density at radius 1 is 1.17 bits per heavy atom. The van der Waals surface area contributed by atoms with Gasteiger partial charge < -0.3 is 5.32 Å². The van der Waals surface area contributed by atoms with Crippen molar-refractivity contribution >= 4 is 22.7 Å². The average Bonchev–Trinajstić information content (AvgIpc) is 2.99. The first kappa shape index (κ1) is 16.6. The van der Waals surface area contributed by atoms with Crippen molar-refractivity contribution < 1.29 is 4.79 Å². The zero-order valence-electron chi connectivity index (χ0n) is 13.9. The van der Waals surface area contributed by atoms with Gasteiger partial charge in [0.15, 0.2) is 0 Å². The number of rotatable bonds is 4. The number of nitrogens with one attached hydrogen (secondary N) is 2. The van der Waals surface area contributed by atoms with E-state index in [0.717, 1.165) is 6.54 Å². The first-order valence-corrected chi connectivity index (χ1v) is 9.56. The second-order valence-electron chi connectivity index (χ2n) is 6.79. The summed E-state index contributed by atoms with van der Waals surface area (Å²) in [5.74, 6) is 0.697. The highest BCUT2D eigenvalue weighted by Gasteiger charge is 2.38. The Morgan fingerprint density at radius 2 is 1.87 bits per heavy atom. The topological polar surface area (TPSA) is 70.2 Å². The van der Waals surface area contributed by atoms with Gasteiger partial charge in [-0.3, -0.25) is 10.2 Å². The van der Waals surface area contributed by atoms with Gasteiger partial charge >= 0.3 is 6.03 Å². The highest BCUT2D eigenvalue weighted by atomic mass is 32.1. The lowest BCUT2D eigenvalue weighted by molar-refractivity contribution is 0.0358. The van der Waals surface area contributed by atoms with Crippen molar-refractivity contribution in [3.05, 3.63) is 5.82 Å². The number of amides is 2. The first-order chi connectivity index (χ1) is 11.2. The third-order valence-corrected chi connectivity index (χ3v) is 5.86. The number of piperidine rings is 1. The lowest BCUT2D eigenvalue weighted by Gasteiger charge is -2.48. The number of carbonyl (C=O) groups excluding carboxylic acids is 1. The Balaban J connectivity index is 1.58. The van der Waals surface area contributed by atoms with Gasteiger partial charge in [0.2, 0.25) is 5.13 Å². The molecule has 1 aliphatic carbocycles. The van der Waals surface area contributed by atoms with Crippen LogP contribution in [0.25, 0.3) is 0 Å². The number of hydrogen-bond acceptors (Lipinski definition) is 5. The van der Waals surface area contributed by atoms with Gasteiger partial charge in [-0.2, -0.15) is 4.37 Å². The minimum atomic E-state index is -0.164. The molecule has 1 aromatic heterocycles. The zero-order chi connectivity index (χ0) is 16.1. The van der Waals surface area contributed by atoms with Gasteiger partial charge in [0.1, 0.15) is 5.82 Å². The third kappa shape index (κ3) is 4.20. The molecule has 2 aliphatic rings. The largest absolute Gasteiger partial charge is 0.336 e. The van der Waals surface area contributed by atoms with E-state index in [0.29, 0.717) is 11.0 Å². The average molecular weight is 337 g/mol.